The van der Waals surface area contributed by atoms with Crippen LogP contribution in [0, 0.1) is 31.6 Å². The van der Waals surface area contributed by atoms with Crippen molar-refractivity contribution >= 4 is 23.2 Å². The van der Waals surface area contributed by atoms with E-state index in [0.717, 1.165) is 11.3 Å². The van der Waals surface area contributed by atoms with Crippen LogP contribution in [0.5, 0.6) is 0 Å². The Balaban J connectivity index is 1.97. The molecule has 1 fully saturated rings. The van der Waals surface area contributed by atoms with E-state index in [0.29, 0.717) is 25.3 Å². The molecule has 1 aromatic rings. The SMILES string of the molecule is CCC1CC(C(=O)O)C(C(=O)NCc2cc(C)c(C)s2)C1. The van der Waals surface area contributed by atoms with Crippen LogP contribution < -0.4 is 5.32 Å². The molecule has 0 radical (unpaired) electrons. The Hall–Kier alpha value is -1.36. The number of hydrogen-bond acceptors (Lipinski definition) is 3. The van der Waals surface area contributed by atoms with E-state index in [4.69, 9.17) is 0 Å². The van der Waals surface area contributed by atoms with Gasteiger partial charge in [0, 0.05) is 9.75 Å². The fraction of sp³-hybridized carbons (Fsp3) is 0.625. The molecule has 3 unspecified atom stereocenters. The van der Waals surface area contributed by atoms with Crippen LogP contribution >= 0.6 is 11.3 Å². The lowest BCUT2D eigenvalue weighted by Crippen LogP contribution is -2.34. The van der Waals surface area contributed by atoms with E-state index in [1.807, 2.05) is 0 Å². The Bertz CT molecular complexity index is 518. The molecule has 4 nitrogen and oxygen atoms in total. The maximum atomic E-state index is 12.3. The topological polar surface area (TPSA) is 66.4 Å². The maximum absolute atomic E-state index is 12.3. The number of nitrogens with one attached hydrogen (secondary N) is 1. The Morgan fingerprint density at radius 1 is 1.33 bits per heavy atom. The summed E-state index contributed by atoms with van der Waals surface area (Å²) >= 11 is 1.68. The van der Waals surface area contributed by atoms with Gasteiger partial charge in [0.2, 0.25) is 5.91 Å². The molecule has 1 aliphatic carbocycles. The number of carbonyl (C=O) groups is 2. The normalized spacial score (nSPS) is 25.0. The van der Waals surface area contributed by atoms with Gasteiger partial charge in [-0.3, -0.25) is 9.59 Å². The minimum Gasteiger partial charge on any atom is -0.481 e. The minimum atomic E-state index is -0.839. The Kier molecular flexibility index (Phi) is 5.04. The number of rotatable bonds is 5. The molecule has 5 heteroatoms. The van der Waals surface area contributed by atoms with Crippen LogP contribution in [0.1, 0.15) is 41.5 Å². The quantitative estimate of drug-likeness (QED) is 0.878. The van der Waals surface area contributed by atoms with E-state index in [2.05, 4.69) is 32.2 Å². The first-order chi connectivity index (χ1) is 9.92. The third kappa shape index (κ3) is 3.64. The summed E-state index contributed by atoms with van der Waals surface area (Å²) < 4.78 is 0. The fourth-order valence-electron chi connectivity index (χ4n) is 3.08. The molecular formula is C16H23NO3S. The van der Waals surface area contributed by atoms with Crippen molar-refractivity contribution in [3.05, 3.63) is 21.4 Å². The van der Waals surface area contributed by atoms with Crippen molar-refractivity contribution in [3.63, 3.8) is 0 Å². The number of aryl methyl sites for hydroxylation is 2. The van der Waals surface area contributed by atoms with Gasteiger partial charge >= 0.3 is 5.97 Å². The van der Waals surface area contributed by atoms with Gasteiger partial charge in [0.1, 0.15) is 0 Å². The standard InChI is InChI=1S/C16H23NO3S/c1-4-11-6-13(14(7-11)16(19)20)15(18)17-8-12-5-9(2)10(3)21-12/h5,11,13-14H,4,6-8H2,1-3H3,(H,17,18)(H,19,20). The van der Waals surface area contributed by atoms with Crippen molar-refractivity contribution in [2.45, 2.75) is 46.6 Å². The second-order valence-electron chi connectivity index (χ2n) is 5.97. The predicted octanol–water partition coefficient (Wildman–Crippen LogP) is 3.12. The van der Waals surface area contributed by atoms with Crippen molar-refractivity contribution < 1.29 is 14.7 Å². The van der Waals surface area contributed by atoms with Gasteiger partial charge in [0.15, 0.2) is 0 Å². The molecule has 21 heavy (non-hydrogen) atoms. The summed E-state index contributed by atoms with van der Waals surface area (Å²) in [6.45, 7) is 6.67. The fourth-order valence-corrected chi connectivity index (χ4v) is 4.07. The zero-order valence-electron chi connectivity index (χ0n) is 12.8. The highest BCUT2D eigenvalue weighted by atomic mass is 32.1. The van der Waals surface area contributed by atoms with Crippen LogP contribution in [0.3, 0.4) is 0 Å². The lowest BCUT2D eigenvalue weighted by molar-refractivity contribution is -0.146. The maximum Gasteiger partial charge on any atom is 0.307 e. The summed E-state index contributed by atoms with van der Waals surface area (Å²) in [6.07, 6.45) is 2.26. The zero-order chi connectivity index (χ0) is 15.6. The lowest BCUT2D eigenvalue weighted by Gasteiger charge is -2.15. The minimum absolute atomic E-state index is 0.109. The molecule has 1 aromatic heterocycles. The molecule has 1 heterocycles. The molecule has 2 rings (SSSR count). The molecule has 116 valence electrons. The van der Waals surface area contributed by atoms with E-state index in [-0.39, 0.29) is 11.8 Å². The van der Waals surface area contributed by atoms with Gasteiger partial charge < -0.3 is 10.4 Å². The zero-order valence-corrected chi connectivity index (χ0v) is 13.6. The highest BCUT2D eigenvalue weighted by Gasteiger charge is 2.41. The van der Waals surface area contributed by atoms with Crippen molar-refractivity contribution in [2.75, 3.05) is 0 Å². The number of carboxylic acids is 1. The van der Waals surface area contributed by atoms with E-state index >= 15 is 0 Å². The third-order valence-electron chi connectivity index (χ3n) is 4.55. The van der Waals surface area contributed by atoms with E-state index in [1.165, 1.54) is 10.4 Å². The van der Waals surface area contributed by atoms with Gasteiger partial charge in [-0.15, -0.1) is 11.3 Å². The second-order valence-corrected chi connectivity index (χ2v) is 7.31. The molecule has 1 amide bonds. The number of hydrogen-bond donors (Lipinski definition) is 2. The van der Waals surface area contributed by atoms with Crippen molar-refractivity contribution in [2.24, 2.45) is 17.8 Å². The van der Waals surface area contributed by atoms with Crippen molar-refractivity contribution in [3.8, 4) is 0 Å². The summed E-state index contributed by atoms with van der Waals surface area (Å²) in [4.78, 5) is 26.0. The highest BCUT2D eigenvalue weighted by molar-refractivity contribution is 7.12. The molecule has 3 atom stereocenters. The number of carbonyl (C=O) groups excluding carboxylic acids is 1. The summed E-state index contributed by atoms with van der Waals surface area (Å²) in [6, 6.07) is 2.08. The number of thiophene rings is 1. The van der Waals surface area contributed by atoms with Crippen LogP contribution in [0.25, 0.3) is 0 Å². The number of carboxylic acid groups (broad SMARTS) is 1. The van der Waals surface area contributed by atoms with Crippen LogP contribution in [0.15, 0.2) is 6.07 Å². The van der Waals surface area contributed by atoms with Gasteiger partial charge in [0.05, 0.1) is 18.4 Å². The van der Waals surface area contributed by atoms with Crippen LogP contribution in [0.2, 0.25) is 0 Å². The largest absolute Gasteiger partial charge is 0.481 e. The first-order valence-electron chi connectivity index (χ1n) is 7.48. The summed E-state index contributed by atoms with van der Waals surface area (Å²) in [5, 5.41) is 12.2. The average Bonchev–Trinajstić information content (AvgIpc) is 3.00. The van der Waals surface area contributed by atoms with Crippen LogP contribution in [-0.2, 0) is 16.1 Å². The van der Waals surface area contributed by atoms with Crippen LogP contribution in [-0.4, -0.2) is 17.0 Å². The molecule has 0 aliphatic heterocycles. The van der Waals surface area contributed by atoms with E-state index in [1.54, 1.807) is 11.3 Å². The lowest BCUT2D eigenvalue weighted by atomic mass is 9.95. The van der Waals surface area contributed by atoms with E-state index in [9.17, 15) is 14.7 Å². The third-order valence-corrected chi connectivity index (χ3v) is 5.70. The molecule has 0 bridgehead atoms. The number of aliphatic carboxylic acids is 1. The molecule has 1 aliphatic rings. The molecule has 2 N–H and O–H groups in total. The second kappa shape index (κ2) is 6.60. The van der Waals surface area contributed by atoms with Gasteiger partial charge in [-0.25, -0.2) is 0 Å². The van der Waals surface area contributed by atoms with Crippen molar-refractivity contribution in [1.29, 1.82) is 0 Å². The van der Waals surface area contributed by atoms with E-state index < -0.39 is 11.9 Å². The summed E-state index contributed by atoms with van der Waals surface area (Å²) in [5.74, 6) is -1.50. The Morgan fingerprint density at radius 3 is 2.52 bits per heavy atom. The molecule has 0 saturated heterocycles. The average molecular weight is 309 g/mol. The molecule has 1 saturated carbocycles. The Labute approximate surface area is 129 Å². The summed E-state index contributed by atoms with van der Waals surface area (Å²) in [7, 11) is 0. The first-order valence-corrected chi connectivity index (χ1v) is 8.30. The first kappa shape index (κ1) is 16.0. The monoisotopic (exact) mass is 309 g/mol. The van der Waals surface area contributed by atoms with Crippen LogP contribution in [0.4, 0.5) is 0 Å². The van der Waals surface area contributed by atoms with Gasteiger partial charge in [-0.1, -0.05) is 13.3 Å². The smallest absolute Gasteiger partial charge is 0.307 e. The summed E-state index contributed by atoms with van der Waals surface area (Å²) in [5.41, 5.74) is 1.24. The van der Waals surface area contributed by atoms with Gasteiger partial charge in [-0.05, 0) is 44.2 Å². The molecule has 0 spiro atoms. The number of amides is 1. The molecule has 0 aromatic carbocycles. The van der Waals surface area contributed by atoms with Gasteiger partial charge in [-0.2, -0.15) is 0 Å². The Morgan fingerprint density at radius 2 is 2.00 bits per heavy atom. The molecular weight excluding hydrogens is 286 g/mol. The van der Waals surface area contributed by atoms with Gasteiger partial charge in [0.25, 0.3) is 0 Å². The van der Waals surface area contributed by atoms with Crippen molar-refractivity contribution in [1.82, 2.24) is 5.32 Å². The predicted molar refractivity (Wildman–Crippen MR) is 83.3 cm³/mol. The highest BCUT2D eigenvalue weighted by Crippen LogP contribution is 2.38.